The zero-order valence-electron chi connectivity index (χ0n) is 10.0. The van der Waals surface area contributed by atoms with Crippen molar-refractivity contribution in [1.29, 1.82) is 0 Å². The molecule has 0 spiro atoms. The Morgan fingerprint density at radius 1 is 1.28 bits per heavy atom. The highest BCUT2D eigenvalue weighted by molar-refractivity contribution is 5.81. The first-order valence-corrected chi connectivity index (χ1v) is 6.03. The number of hydrogen-bond acceptors (Lipinski definition) is 4. The summed E-state index contributed by atoms with van der Waals surface area (Å²) in [6.07, 6.45) is 3.73. The Morgan fingerprint density at radius 3 is 3.00 bits per heavy atom. The van der Waals surface area contributed by atoms with Gasteiger partial charge in [0.05, 0.1) is 12.2 Å². The second kappa shape index (κ2) is 4.91. The van der Waals surface area contributed by atoms with Crippen LogP contribution in [0.2, 0.25) is 0 Å². The molecule has 1 aliphatic heterocycles. The molecule has 0 radical (unpaired) electrons. The van der Waals surface area contributed by atoms with Gasteiger partial charge < -0.3 is 10.6 Å². The van der Waals surface area contributed by atoms with E-state index in [-0.39, 0.29) is 0 Å². The molecular weight excluding hydrogens is 226 g/mol. The zero-order chi connectivity index (χ0) is 12.2. The maximum atomic E-state index is 4.32. The summed E-state index contributed by atoms with van der Waals surface area (Å²) in [7, 11) is 0. The molecule has 0 fully saturated rings. The highest BCUT2D eigenvalue weighted by atomic mass is 15.3. The molecule has 2 heterocycles. The van der Waals surface area contributed by atoms with Gasteiger partial charge in [0.25, 0.3) is 0 Å². The lowest BCUT2D eigenvalue weighted by Gasteiger charge is -2.11. The second-order valence-corrected chi connectivity index (χ2v) is 4.09. The standard InChI is InChI=1S/C13H15N5/c1-2-5-12(18-9-3-6-17-18)11(4-1)10-16-13-14-7-8-15-13/h1-6,9H,7-8,10H2,(H2,14,15,16). The number of hydrogen-bond donors (Lipinski definition) is 2. The first-order valence-electron chi connectivity index (χ1n) is 6.03. The van der Waals surface area contributed by atoms with Gasteiger partial charge in [0.2, 0.25) is 0 Å². The fourth-order valence-electron chi connectivity index (χ4n) is 1.99. The van der Waals surface area contributed by atoms with Gasteiger partial charge in [0, 0.05) is 25.5 Å². The summed E-state index contributed by atoms with van der Waals surface area (Å²) in [5.41, 5.74) is 2.28. The molecule has 0 saturated heterocycles. The molecule has 0 atom stereocenters. The summed E-state index contributed by atoms with van der Waals surface area (Å²) in [5.74, 6) is 0.880. The van der Waals surface area contributed by atoms with Crippen molar-refractivity contribution in [3.05, 3.63) is 48.3 Å². The van der Waals surface area contributed by atoms with Crippen molar-refractivity contribution >= 4 is 5.96 Å². The maximum absolute atomic E-state index is 4.32. The third-order valence-electron chi connectivity index (χ3n) is 2.86. The third-order valence-corrected chi connectivity index (χ3v) is 2.86. The van der Waals surface area contributed by atoms with Gasteiger partial charge in [-0.25, -0.2) is 4.68 Å². The minimum absolute atomic E-state index is 0.738. The summed E-state index contributed by atoms with van der Waals surface area (Å²) < 4.78 is 1.88. The summed E-state index contributed by atoms with van der Waals surface area (Å²) in [6, 6.07) is 10.1. The largest absolute Gasteiger partial charge is 0.355 e. The number of para-hydroxylation sites is 1. The number of nitrogens with one attached hydrogen (secondary N) is 2. The molecule has 5 nitrogen and oxygen atoms in total. The van der Waals surface area contributed by atoms with E-state index < -0.39 is 0 Å². The van der Waals surface area contributed by atoms with Crippen LogP contribution in [0.3, 0.4) is 0 Å². The summed E-state index contributed by atoms with van der Waals surface area (Å²) in [6.45, 7) is 2.51. The Bertz CT molecular complexity index is 544. The van der Waals surface area contributed by atoms with Crippen LogP contribution in [0.25, 0.3) is 5.69 Å². The van der Waals surface area contributed by atoms with Gasteiger partial charge in [-0.3, -0.25) is 4.99 Å². The molecule has 5 heteroatoms. The number of guanidine groups is 1. The highest BCUT2D eigenvalue weighted by Gasteiger charge is 2.07. The van der Waals surface area contributed by atoms with Gasteiger partial charge in [0.1, 0.15) is 0 Å². The van der Waals surface area contributed by atoms with Crippen LogP contribution in [0, 0.1) is 0 Å². The van der Waals surface area contributed by atoms with Gasteiger partial charge >= 0.3 is 0 Å². The average Bonchev–Trinajstić information content (AvgIpc) is 3.10. The lowest BCUT2D eigenvalue weighted by molar-refractivity contribution is 0.822. The fourth-order valence-corrected chi connectivity index (χ4v) is 1.99. The van der Waals surface area contributed by atoms with E-state index in [1.807, 2.05) is 29.1 Å². The molecular formula is C13H15N5. The van der Waals surface area contributed by atoms with E-state index >= 15 is 0 Å². The molecule has 0 unspecified atom stereocenters. The molecule has 0 amide bonds. The first kappa shape index (κ1) is 10.8. The van der Waals surface area contributed by atoms with Crippen molar-refractivity contribution in [3.8, 4) is 5.69 Å². The van der Waals surface area contributed by atoms with E-state index in [4.69, 9.17) is 0 Å². The van der Waals surface area contributed by atoms with Crippen LogP contribution >= 0.6 is 0 Å². The second-order valence-electron chi connectivity index (χ2n) is 4.09. The van der Waals surface area contributed by atoms with E-state index in [2.05, 4.69) is 32.9 Å². The van der Waals surface area contributed by atoms with Crippen LogP contribution in [0.1, 0.15) is 5.56 Å². The summed E-state index contributed by atoms with van der Waals surface area (Å²) in [5, 5.41) is 10.8. The number of aromatic nitrogens is 2. The quantitative estimate of drug-likeness (QED) is 0.840. The predicted octanol–water partition coefficient (Wildman–Crippen LogP) is 0.921. The Kier molecular flexibility index (Phi) is 2.96. The Labute approximate surface area is 106 Å². The third kappa shape index (κ3) is 2.20. The van der Waals surface area contributed by atoms with Crippen molar-refractivity contribution in [2.45, 2.75) is 6.54 Å². The first-order chi connectivity index (χ1) is 8.93. The van der Waals surface area contributed by atoms with E-state index in [9.17, 15) is 0 Å². The minimum Gasteiger partial charge on any atom is -0.355 e. The van der Waals surface area contributed by atoms with E-state index in [0.717, 1.165) is 31.3 Å². The van der Waals surface area contributed by atoms with Crippen LogP contribution in [0.5, 0.6) is 0 Å². The molecule has 2 N–H and O–H groups in total. The minimum atomic E-state index is 0.738. The number of benzene rings is 1. The molecule has 1 aliphatic rings. The van der Waals surface area contributed by atoms with E-state index in [1.165, 1.54) is 5.56 Å². The normalized spacial score (nSPS) is 14.1. The van der Waals surface area contributed by atoms with Crippen LogP contribution in [0.15, 0.2) is 47.7 Å². The van der Waals surface area contributed by atoms with Gasteiger partial charge in [-0.2, -0.15) is 5.10 Å². The van der Waals surface area contributed by atoms with Crippen molar-refractivity contribution < 1.29 is 0 Å². The fraction of sp³-hybridized carbons (Fsp3) is 0.231. The number of rotatable bonds is 3. The monoisotopic (exact) mass is 241 g/mol. The Hall–Kier alpha value is -2.30. The van der Waals surface area contributed by atoms with Gasteiger partial charge in [0.15, 0.2) is 5.96 Å². The Balaban J connectivity index is 1.79. The van der Waals surface area contributed by atoms with E-state index in [1.54, 1.807) is 6.20 Å². The summed E-state index contributed by atoms with van der Waals surface area (Å²) >= 11 is 0. The maximum Gasteiger partial charge on any atom is 0.191 e. The van der Waals surface area contributed by atoms with Crippen molar-refractivity contribution in [3.63, 3.8) is 0 Å². The SMILES string of the molecule is c1ccc(-n2cccn2)c(CNC2=NCCN2)c1. The van der Waals surface area contributed by atoms with Gasteiger partial charge in [-0.05, 0) is 17.7 Å². The number of nitrogens with zero attached hydrogens (tertiary/aromatic N) is 3. The molecule has 2 aromatic rings. The molecule has 1 aromatic carbocycles. The van der Waals surface area contributed by atoms with Gasteiger partial charge in [-0.15, -0.1) is 0 Å². The molecule has 3 rings (SSSR count). The van der Waals surface area contributed by atoms with Crippen molar-refractivity contribution in [2.75, 3.05) is 13.1 Å². The molecule has 1 aromatic heterocycles. The van der Waals surface area contributed by atoms with E-state index in [0.29, 0.717) is 0 Å². The molecule has 18 heavy (non-hydrogen) atoms. The van der Waals surface area contributed by atoms with Crippen molar-refractivity contribution in [2.24, 2.45) is 4.99 Å². The Morgan fingerprint density at radius 2 is 2.22 bits per heavy atom. The molecule has 0 aliphatic carbocycles. The molecule has 0 bridgehead atoms. The smallest absolute Gasteiger partial charge is 0.191 e. The zero-order valence-corrected chi connectivity index (χ0v) is 10.0. The van der Waals surface area contributed by atoms with Crippen LogP contribution < -0.4 is 10.6 Å². The average molecular weight is 241 g/mol. The molecule has 92 valence electrons. The summed E-state index contributed by atoms with van der Waals surface area (Å²) in [4.78, 5) is 4.32. The van der Waals surface area contributed by atoms with Crippen LogP contribution in [-0.2, 0) is 6.54 Å². The lowest BCUT2D eigenvalue weighted by Crippen LogP contribution is -2.33. The lowest BCUT2D eigenvalue weighted by atomic mass is 10.2. The predicted molar refractivity (Wildman–Crippen MR) is 70.7 cm³/mol. The van der Waals surface area contributed by atoms with Crippen molar-refractivity contribution in [1.82, 2.24) is 20.4 Å². The van der Waals surface area contributed by atoms with Crippen LogP contribution in [0.4, 0.5) is 0 Å². The number of aliphatic imine (C=N–C) groups is 1. The topological polar surface area (TPSA) is 54.2 Å². The van der Waals surface area contributed by atoms with Crippen LogP contribution in [-0.4, -0.2) is 28.8 Å². The highest BCUT2D eigenvalue weighted by Crippen LogP contribution is 2.12. The molecule has 0 saturated carbocycles. The van der Waals surface area contributed by atoms with Gasteiger partial charge in [-0.1, -0.05) is 18.2 Å².